The fourth-order valence-electron chi connectivity index (χ4n) is 2.25. The Labute approximate surface area is 152 Å². The highest BCUT2D eigenvalue weighted by Crippen LogP contribution is 2.25. The Hall–Kier alpha value is -2.45. The van der Waals surface area contributed by atoms with Crippen molar-refractivity contribution in [3.8, 4) is 10.6 Å². The predicted octanol–water partition coefficient (Wildman–Crippen LogP) is 2.49. The maximum absolute atomic E-state index is 11.8. The van der Waals surface area contributed by atoms with E-state index in [-0.39, 0.29) is 19.4 Å². The topological polar surface area (TPSA) is 97.4 Å². The number of imide groups is 1. The van der Waals surface area contributed by atoms with Crippen LogP contribution in [0.25, 0.3) is 10.6 Å². The second-order valence-electron chi connectivity index (χ2n) is 5.37. The van der Waals surface area contributed by atoms with Gasteiger partial charge in [-0.25, -0.2) is 9.78 Å². The Balaban J connectivity index is 1.47. The summed E-state index contributed by atoms with van der Waals surface area (Å²) in [6.07, 6.45) is 0.232. The highest BCUT2D eigenvalue weighted by atomic mass is 35.5. The van der Waals surface area contributed by atoms with Crippen LogP contribution in [0.4, 0.5) is 4.79 Å². The molecular formula is C16H14ClN3O4S. The van der Waals surface area contributed by atoms with E-state index in [4.69, 9.17) is 16.3 Å². The summed E-state index contributed by atoms with van der Waals surface area (Å²) >= 11 is 7.31. The van der Waals surface area contributed by atoms with Crippen molar-refractivity contribution in [2.45, 2.75) is 25.5 Å². The van der Waals surface area contributed by atoms with Crippen LogP contribution in [0.3, 0.4) is 0 Å². The predicted molar refractivity (Wildman–Crippen MR) is 92.1 cm³/mol. The molecule has 1 aromatic heterocycles. The van der Waals surface area contributed by atoms with Crippen molar-refractivity contribution in [3.63, 3.8) is 0 Å². The van der Waals surface area contributed by atoms with E-state index in [1.807, 2.05) is 17.5 Å². The number of ether oxygens (including phenoxy) is 1. The van der Waals surface area contributed by atoms with Gasteiger partial charge in [-0.1, -0.05) is 23.7 Å². The van der Waals surface area contributed by atoms with Crippen LogP contribution >= 0.6 is 22.9 Å². The van der Waals surface area contributed by atoms with E-state index in [1.165, 1.54) is 11.3 Å². The molecule has 0 saturated carbocycles. The average Bonchev–Trinajstić information content (AvgIpc) is 3.18. The van der Waals surface area contributed by atoms with Gasteiger partial charge >= 0.3 is 12.0 Å². The van der Waals surface area contributed by atoms with Gasteiger partial charge in [0.25, 0.3) is 5.91 Å². The lowest BCUT2D eigenvalue weighted by molar-refractivity contribution is -0.145. The zero-order chi connectivity index (χ0) is 17.8. The number of benzene rings is 1. The van der Waals surface area contributed by atoms with Gasteiger partial charge in [-0.05, 0) is 18.6 Å². The molecule has 25 heavy (non-hydrogen) atoms. The molecule has 2 N–H and O–H groups in total. The molecule has 1 fully saturated rings. The molecule has 1 unspecified atom stereocenters. The van der Waals surface area contributed by atoms with Crippen LogP contribution < -0.4 is 10.6 Å². The molecule has 7 nitrogen and oxygen atoms in total. The number of carbonyl (C=O) groups excluding carboxylic acids is 3. The lowest BCUT2D eigenvalue weighted by atomic mass is 10.1. The summed E-state index contributed by atoms with van der Waals surface area (Å²) in [5, 5.41) is 7.83. The van der Waals surface area contributed by atoms with Gasteiger partial charge in [0.2, 0.25) is 0 Å². The highest BCUT2D eigenvalue weighted by molar-refractivity contribution is 7.13. The van der Waals surface area contributed by atoms with Crippen molar-refractivity contribution < 1.29 is 19.1 Å². The number of halogens is 1. The SMILES string of the molecule is O=C1NC(=O)C(CCC(=O)OCc2csc(-c3ccc(Cl)cc3)n2)N1. The number of amides is 3. The molecule has 0 bridgehead atoms. The van der Waals surface area contributed by atoms with Gasteiger partial charge in [-0.15, -0.1) is 11.3 Å². The molecule has 0 aliphatic carbocycles. The maximum atomic E-state index is 11.8. The molecule has 2 heterocycles. The first-order valence-electron chi connectivity index (χ1n) is 7.48. The fourth-order valence-corrected chi connectivity index (χ4v) is 3.19. The van der Waals surface area contributed by atoms with Gasteiger partial charge in [0.15, 0.2) is 0 Å². The molecule has 9 heteroatoms. The standard InChI is InChI=1S/C16H14ClN3O4S/c17-10-3-1-9(2-4-10)15-18-11(8-25-15)7-24-13(21)6-5-12-14(22)20-16(23)19-12/h1-4,8,12H,5-7H2,(H2,19,20,22,23). The Morgan fingerprint density at radius 3 is 2.72 bits per heavy atom. The number of nitrogens with zero attached hydrogens (tertiary/aromatic N) is 1. The second-order valence-corrected chi connectivity index (χ2v) is 6.66. The first-order valence-corrected chi connectivity index (χ1v) is 8.74. The lowest BCUT2D eigenvalue weighted by Crippen LogP contribution is -2.29. The van der Waals surface area contributed by atoms with Crippen LogP contribution in [0.1, 0.15) is 18.5 Å². The molecule has 1 atom stereocenters. The molecule has 2 aromatic rings. The zero-order valence-corrected chi connectivity index (χ0v) is 14.5. The molecule has 1 saturated heterocycles. The summed E-state index contributed by atoms with van der Waals surface area (Å²) in [5.41, 5.74) is 1.59. The number of hydrogen-bond acceptors (Lipinski definition) is 6. The number of carbonyl (C=O) groups is 3. The minimum absolute atomic E-state index is 0.0343. The largest absolute Gasteiger partial charge is 0.459 e. The van der Waals surface area contributed by atoms with Crippen LogP contribution in [-0.4, -0.2) is 28.9 Å². The van der Waals surface area contributed by atoms with Gasteiger partial charge in [-0.2, -0.15) is 0 Å². The van der Waals surface area contributed by atoms with Crippen LogP contribution in [-0.2, 0) is 20.9 Å². The van der Waals surface area contributed by atoms with Crippen molar-refractivity contribution in [1.82, 2.24) is 15.6 Å². The first kappa shape index (κ1) is 17.4. The third-order valence-electron chi connectivity index (χ3n) is 3.52. The molecule has 130 valence electrons. The lowest BCUT2D eigenvalue weighted by Gasteiger charge is -2.06. The number of esters is 1. The van der Waals surface area contributed by atoms with E-state index < -0.39 is 23.9 Å². The third kappa shape index (κ3) is 4.55. The maximum Gasteiger partial charge on any atom is 0.322 e. The molecule has 0 radical (unpaired) electrons. The van der Waals surface area contributed by atoms with E-state index in [1.54, 1.807) is 12.1 Å². The zero-order valence-electron chi connectivity index (χ0n) is 13.0. The molecule has 3 rings (SSSR count). The van der Waals surface area contributed by atoms with Crippen LogP contribution in [0.5, 0.6) is 0 Å². The molecule has 1 aromatic carbocycles. The van der Waals surface area contributed by atoms with Gasteiger partial charge in [-0.3, -0.25) is 14.9 Å². The van der Waals surface area contributed by atoms with Gasteiger partial charge in [0.05, 0.1) is 5.69 Å². The minimum Gasteiger partial charge on any atom is -0.459 e. The van der Waals surface area contributed by atoms with Crippen molar-refractivity contribution in [2.75, 3.05) is 0 Å². The van der Waals surface area contributed by atoms with E-state index >= 15 is 0 Å². The first-order chi connectivity index (χ1) is 12.0. The van der Waals surface area contributed by atoms with Gasteiger partial charge < -0.3 is 10.1 Å². The molecule has 1 aliphatic rings. The van der Waals surface area contributed by atoms with Crippen molar-refractivity contribution in [2.24, 2.45) is 0 Å². The summed E-state index contributed by atoms with van der Waals surface area (Å²) in [7, 11) is 0. The van der Waals surface area contributed by atoms with Crippen LogP contribution in [0, 0.1) is 0 Å². The van der Waals surface area contributed by atoms with Crippen molar-refractivity contribution >= 4 is 40.8 Å². The van der Waals surface area contributed by atoms with Crippen LogP contribution in [0.2, 0.25) is 5.02 Å². The number of aromatic nitrogens is 1. The summed E-state index contributed by atoms with van der Waals surface area (Å²) in [6, 6.07) is 6.10. The number of nitrogens with one attached hydrogen (secondary N) is 2. The van der Waals surface area contributed by atoms with E-state index in [0.29, 0.717) is 10.7 Å². The number of hydrogen-bond donors (Lipinski definition) is 2. The molecule has 1 aliphatic heterocycles. The smallest absolute Gasteiger partial charge is 0.322 e. The average molecular weight is 380 g/mol. The number of urea groups is 1. The van der Waals surface area contributed by atoms with Crippen molar-refractivity contribution in [3.05, 3.63) is 40.4 Å². The highest BCUT2D eigenvalue weighted by Gasteiger charge is 2.29. The second kappa shape index (κ2) is 7.62. The number of thiazole rings is 1. The fraction of sp³-hybridized carbons (Fsp3) is 0.250. The van der Waals surface area contributed by atoms with Gasteiger partial charge in [0.1, 0.15) is 17.7 Å². The van der Waals surface area contributed by atoms with E-state index in [9.17, 15) is 14.4 Å². The Bertz CT molecular complexity index is 806. The summed E-state index contributed by atoms with van der Waals surface area (Å²) in [5.74, 6) is -0.875. The quantitative estimate of drug-likeness (QED) is 0.593. The van der Waals surface area contributed by atoms with E-state index in [0.717, 1.165) is 10.6 Å². The molecule has 0 spiro atoms. The Kier molecular flexibility index (Phi) is 5.30. The third-order valence-corrected chi connectivity index (χ3v) is 4.71. The molecule has 3 amide bonds. The summed E-state index contributed by atoms with van der Waals surface area (Å²) in [6.45, 7) is 0.0617. The Morgan fingerprint density at radius 2 is 2.04 bits per heavy atom. The Morgan fingerprint density at radius 1 is 1.28 bits per heavy atom. The summed E-state index contributed by atoms with van der Waals surface area (Å²) < 4.78 is 5.16. The minimum atomic E-state index is -0.684. The van der Waals surface area contributed by atoms with Crippen LogP contribution in [0.15, 0.2) is 29.6 Å². The summed E-state index contributed by atoms with van der Waals surface area (Å²) in [4.78, 5) is 38.5. The normalized spacial score (nSPS) is 16.4. The molecular weight excluding hydrogens is 366 g/mol. The van der Waals surface area contributed by atoms with Crippen molar-refractivity contribution in [1.29, 1.82) is 0 Å². The monoisotopic (exact) mass is 379 g/mol. The van der Waals surface area contributed by atoms with E-state index in [2.05, 4.69) is 15.6 Å². The number of rotatable bonds is 6. The van der Waals surface area contributed by atoms with Gasteiger partial charge in [0, 0.05) is 22.4 Å².